The average Bonchev–Trinajstić information content (AvgIpc) is 3.09. The minimum atomic E-state index is -1.56. The third kappa shape index (κ3) is 3.93. The van der Waals surface area contributed by atoms with E-state index in [1.807, 2.05) is 0 Å². The van der Waals surface area contributed by atoms with Gasteiger partial charge in [0, 0.05) is 35.8 Å². The first-order chi connectivity index (χ1) is 14.9. The monoisotopic (exact) mass is 444 g/mol. The number of hydrogen-bond acceptors (Lipinski definition) is 7. The zero-order valence-electron chi connectivity index (χ0n) is 16.4. The number of rotatable bonds is 5. The van der Waals surface area contributed by atoms with Gasteiger partial charge in [-0.15, -0.1) is 11.3 Å². The summed E-state index contributed by atoms with van der Waals surface area (Å²) in [5.74, 6) is -4.24. The van der Waals surface area contributed by atoms with Gasteiger partial charge in [0.25, 0.3) is 0 Å². The van der Waals surface area contributed by atoms with Crippen LogP contribution in [0.4, 0.5) is 24.7 Å². The highest BCUT2D eigenvalue weighted by molar-refractivity contribution is 7.20. The van der Waals surface area contributed by atoms with Crippen LogP contribution >= 0.6 is 11.3 Å². The van der Waals surface area contributed by atoms with Crippen molar-refractivity contribution < 1.29 is 22.7 Å². The van der Waals surface area contributed by atoms with Gasteiger partial charge in [-0.2, -0.15) is 0 Å². The van der Waals surface area contributed by atoms with Crippen molar-refractivity contribution in [2.24, 2.45) is 0 Å². The van der Waals surface area contributed by atoms with E-state index < -0.39 is 23.4 Å². The van der Waals surface area contributed by atoms with E-state index in [0.717, 1.165) is 23.5 Å². The molecule has 10 heteroatoms. The van der Waals surface area contributed by atoms with Gasteiger partial charge in [-0.05, 0) is 31.5 Å². The fourth-order valence-corrected chi connectivity index (χ4v) is 4.08. The Hall–Kier alpha value is -3.53. The van der Waals surface area contributed by atoms with Crippen LogP contribution in [0.1, 0.15) is 22.2 Å². The molecule has 3 aromatic heterocycles. The van der Waals surface area contributed by atoms with E-state index in [0.29, 0.717) is 32.0 Å². The normalized spacial score (nSPS) is 11.0. The Labute approximate surface area is 178 Å². The SMILES string of the molecule is CCOC(=O)c1sc2nc(-c3cccnc3)nc(Nc3cc(F)c(F)c(F)c3)c2c1C. The third-order valence-electron chi connectivity index (χ3n) is 4.42. The minimum Gasteiger partial charge on any atom is -0.462 e. The summed E-state index contributed by atoms with van der Waals surface area (Å²) in [6.07, 6.45) is 3.16. The molecule has 0 amide bonds. The first-order valence-electron chi connectivity index (χ1n) is 9.19. The zero-order chi connectivity index (χ0) is 22.1. The number of nitrogens with zero attached hydrogens (tertiary/aromatic N) is 3. The molecule has 3 heterocycles. The molecule has 1 aromatic carbocycles. The van der Waals surface area contributed by atoms with Crippen LogP contribution in [0.25, 0.3) is 21.6 Å². The molecule has 1 N–H and O–H groups in total. The number of benzene rings is 1. The number of ether oxygens (including phenoxy) is 1. The average molecular weight is 444 g/mol. The summed E-state index contributed by atoms with van der Waals surface area (Å²) >= 11 is 1.12. The first-order valence-corrected chi connectivity index (χ1v) is 10.0. The molecule has 0 unspecified atom stereocenters. The van der Waals surface area contributed by atoms with E-state index in [4.69, 9.17) is 4.74 Å². The maximum atomic E-state index is 13.7. The molecule has 31 heavy (non-hydrogen) atoms. The van der Waals surface area contributed by atoms with E-state index in [1.54, 1.807) is 38.4 Å². The molecular weight excluding hydrogens is 429 g/mol. The molecule has 0 spiro atoms. The summed E-state index contributed by atoms with van der Waals surface area (Å²) in [5, 5.41) is 3.32. The summed E-state index contributed by atoms with van der Waals surface area (Å²) in [4.78, 5) is 26.2. The van der Waals surface area contributed by atoms with Crippen LogP contribution in [-0.2, 0) is 4.74 Å². The van der Waals surface area contributed by atoms with Crippen molar-refractivity contribution in [2.75, 3.05) is 11.9 Å². The molecule has 0 aliphatic carbocycles. The van der Waals surface area contributed by atoms with Crippen molar-refractivity contribution in [3.8, 4) is 11.4 Å². The molecule has 0 radical (unpaired) electrons. The lowest BCUT2D eigenvalue weighted by Crippen LogP contribution is -2.04. The Kier molecular flexibility index (Phi) is 5.55. The fraction of sp³-hybridized carbons (Fsp3) is 0.143. The Morgan fingerprint density at radius 3 is 2.58 bits per heavy atom. The molecule has 158 valence electrons. The number of pyridine rings is 1. The molecule has 0 aliphatic heterocycles. The number of thiophene rings is 1. The zero-order valence-corrected chi connectivity index (χ0v) is 17.2. The number of hydrogen-bond donors (Lipinski definition) is 1. The molecule has 4 aromatic rings. The van der Waals surface area contributed by atoms with Crippen molar-refractivity contribution in [2.45, 2.75) is 13.8 Å². The Morgan fingerprint density at radius 2 is 1.94 bits per heavy atom. The van der Waals surface area contributed by atoms with Crippen LogP contribution in [0.2, 0.25) is 0 Å². The lowest BCUT2D eigenvalue weighted by atomic mass is 10.2. The van der Waals surface area contributed by atoms with Gasteiger partial charge < -0.3 is 10.1 Å². The summed E-state index contributed by atoms with van der Waals surface area (Å²) in [5.41, 5.74) is 1.12. The Balaban J connectivity index is 1.91. The number of carbonyl (C=O) groups is 1. The Bertz CT molecular complexity index is 1270. The van der Waals surface area contributed by atoms with Gasteiger partial charge in [0.05, 0.1) is 12.0 Å². The number of carbonyl (C=O) groups excluding carboxylic acids is 1. The molecule has 0 atom stereocenters. The standard InChI is InChI=1S/C21H15F3N4O2S/c1-3-30-21(29)17-10(2)15-19(26-12-7-13(22)16(24)14(23)8-12)27-18(28-20(15)31-17)11-5-4-6-25-9-11/h4-9H,3H2,1-2H3,(H,26,27,28). The number of anilines is 2. The molecule has 6 nitrogen and oxygen atoms in total. The van der Waals surface area contributed by atoms with Crippen molar-refractivity contribution in [3.63, 3.8) is 0 Å². The quantitative estimate of drug-likeness (QED) is 0.328. The smallest absolute Gasteiger partial charge is 0.348 e. The van der Waals surface area contributed by atoms with Crippen LogP contribution in [0.3, 0.4) is 0 Å². The molecule has 0 aliphatic rings. The predicted molar refractivity (Wildman–Crippen MR) is 111 cm³/mol. The molecule has 4 rings (SSSR count). The van der Waals surface area contributed by atoms with Gasteiger partial charge in [0.1, 0.15) is 15.5 Å². The van der Waals surface area contributed by atoms with Crippen molar-refractivity contribution in [1.82, 2.24) is 15.0 Å². The molecule has 0 saturated carbocycles. The summed E-state index contributed by atoms with van der Waals surface area (Å²) in [6, 6.07) is 5.11. The summed E-state index contributed by atoms with van der Waals surface area (Å²) < 4.78 is 45.9. The second-order valence-electron chi connectivity index (χ2n) is 6.47. The number of halogens is 3. The van der Waals surface area contributed by atoms with Gasteiger partial charge in [0.2, 0.25) is 0 Å². The fourth-order valence-electron chi connectivity index (χ4n) is 3.01. The lowest BCUT2D eigenvalue weighted by molar-refractivity contribution is 0.0531. The maximum Gasteiger partial charge on any atom is 0.348 e. The molecular formula is C21H15F3N4O2S. The van der Waals surface area contributed by atoms with E-state index in [9.17, 15) is 18.0 Å². The predicted octanol–water partition coefficient (Wildman–Crippen LogP) is 5.40. The Morgan fingerprint density at radius 1 is 1.19 bits per heavy atom. The number of aryl methyl sites for hydroxylation is 1. The minimum absolute atomic E-state index is 0.0446. The third-order valence-corrected chi connectivity index (χ3v) is 5.58. The van der Waals surface area contributed by atoms with E-state index in [2.05, 4.69) is 20.3 Å². The number of fused-ring (bicyclic) bond motifs is 1. The van der Waals surface area contributed by atoms with Gasteiger partial charge in [-0.3, -0.25) is 4.98 Å². The van der Waals surface area contributed by atoms with Crippen molar-refractivity contribution in [3.05, 3.63) is 64.6 Å². The highest BCUT2D eigenvalue weighted by Crippen LogP contribution is 2.37. The first kappa shape index (κ1) is 20.7. The van der Waals surface area contributed by atoms with E-state index >= 15 is 0 Å². The molecule has 0 fully saturated rings. The highest BCUT2D eigenvalue weighted by atomic mass is 32.1. The molecule has 0 bridgehead atoms. The molecule has 0 saturated heterocycles. The summed E-state index contributed by atoms with van der Waals surface area (Å²) in [6.45, 7) is 3.61. The highest BCUT2D eigenvalue weighted by Gasteiger charge is 2.22. The number of esters is 1. The summed E-state index contributed by atoms with van der Waals surface area (Å²) in [7, 11) is 0. The topological polar surface area (TPSA) is 77.0 Å². The number of nitrogens with one attached hydrogen (secondary N) is 1. The lowest BCUT2D eigenvalue weighted by Gasteiger charge is -2.10. The second-order valence-corrected chi connectivity index (χ2v) is 7.47. The van der Waals surface area contributed by atoms with Gasteiger partial charge in [-0.1, -0.05) is 0 Å². The van der Waals surface area contributed by atoms with Crippen LogP contribution in [0.15, 0.2) is 36.7 Å². The van der Waals surface area contributed by atoms with E-state index in [-0.39, 0.29) is 18.1 Å². The number of aromatic nitrogens is 3. The van der Waals surface area contributed by atoms with Gasteiger partial charge in [0.15, 0.2) is 23.3 Å². The van der Waals surface area contributed by atoms with Gasteiger partial charge in [-0.25, -0.2) is 27.9 Å². The largest absolute Gasteiger partial charge is 0.462 e. The van der Waals surface area contributed by atoms with Crippen LogP contribution < -0.4 is 5.32 Å². The maximum absolute atomic E-state index is 13.7. The van der Waals surface area contributed by atoms with Crippen LogP contribution in [-0.4, -0.2) is 27.5 Å². The van der Waals surface area contributed by atoms with Crippen molar-refractivity contribution in [1.29, 1.82) is 0 Å². The van der Waals surface area contributed by atoms with Crippen molar-refractivity contribution >= 4 is 39.0 Å². The second kappa shape index (κ2) is 8.31. The van der Waals surface area contributed by atoms with Crippen LogP contribution in [0, 0.1) is 24.4 Å². The van der Waals surface area contributed by atoms with Gasteiger partial charge >= 0.3 is 5.97 Å². The van der Waals surface area contributed by atoms with Crippen LogP contribution in [0.5, 0.6) is 0 Å². The van der Waals surface area contributed by atoms with E-state index in [1.165, 1.54) is 0 Å².